The van der Waals surface area contributed by atoms with Crippen molar-refractivity contribution in [2.24, 2.45) is 5.92 Å². The van der Waals surface area contributed by atoms with Crippen LogP contribution in [0.4, 0.5) is 10.1 Å². The number of hydrogen-bond acceptors (Lipinski definition) is 5. The molecule has 7 nitrogen and oxygen atoms in total. The highest BCUT2D eigenvalue weighted by Crippen LogP contribution is 2.41. The van der Waals surface area contributed by atoms with Crippen LogP contribution in [0.15, 0.2) is 48.9 Å². The van der Waals surface area contributed by atoms with Gasteiger partial charge in [0.1, 0.15) is 11.3 Å². The second-order valence-corrected chi connectivity index (χ2v) is 9.21. The molecule has 0 aliphatic carbocycles. The van der Waals surface area contributed by atoms with E-state index in [2.05, 4.69) is 21.4 Å². The van der Waals surface area contributed by atoms with Crippen molar-refractivity contribution in [3.8, 4) is 33.9 Å². The van der Waals surface area contributed by atoms with Gasteiger partial charge in [0.05, 0.1) is 30.3 Å². The molecule has 1 fully saturated rings. The summed E-state index contributed by atoms with van der Waals surface area (Å²) >= 11 is 0. The second-order valence-electron chi connectivity index (χ2n) is 9.21. The Kier molecular flexibility index (Phi) is 5.34. The molecule has 2 aliphatic heterocycles. The van der Waals surface area contributed by atoms with Crippen LogP contribution in [0.1, 0.15) is 12.8 Å². The molecule has 8 heteroatoms. The van der Waals surface area contributed by atoms with Crippen LogP contribution in [-0.2, 0) is 6.54 Å². The molecule has 6 rings (SSSR count). The first kappa shape index (κ1) is 21.6. The van der Waals surface area contributed by atoms with Crippen LogP contribution in [0, 0.1) is 18.3 Å². The van der Waals surface area contributed by atoms with E-state index in [4.69, 9.17) is 26.0 Å². The van der Waals surface area contributed by atoms with Crippen LogP contribution in [0.3, 0.4) is 0 Å². The Labute approximate surface area is 202 Å². The van der Waals surface area contributed by atoms with Crippen LogP contribution < -0.4 is 9.47 Å². The Balaban J connectivity index is 1.49. The van der Waals surface area contributed by atoms with Crippen molar-refractivity contribution in [2.75, 3.05) is 26.9 Å². The molecule has 4 aromatic rings. The van der Waals surface area contributed by atoms with Crippen molar-refractivity contribution >= 4 is 16.7 Å². The van der Waals surface area contributed by atoms with Crippen molar-refractivity contribution in [3.05, 3.63) is 66.2 Å². The second kappa shape index (κ2) is 8.67. The lowest BCUT2D eigenvalue weighted by atomic mass is 9.96. The maximum absolute atomic E-state index is 14.7. The summed E-state index contributed by atoms with van der Waals surface area (Å²) in [5, 5.41) is 0. The molecule has 4 heterocycles. The highest BCUT2D eigenvalue weighted by atomic mass is 19.1. The summed E-state index contributed by atoms with van der Waals surface area (Å²) in [5.41, 5.74) is 4.53. The van der Waals surface area contributed by atoms with E-state index in [1.807, 2.05) is 30.7 Å². The molecule has 35 heavy (non-hydrogen) atoms. The van der Waals surface area contributed by atoms with E-state index in [1.165, 1.54) is 12.1 Å². The minimum Gasteiger partial charge on any atom is -0.454 e. The quantitative estimate of drug-likeness (QED) is 0.368. The lowest BCUT2D eigenvalue weighted by molar-refractivity contribution is 0.174. The summed E-state index contributed by atoms with van der Waals surface area (Å²) in [6.45, 7) is 10.5. The lowest BCUT2D eigenvalue weighted by Crippen LogP contribution is -2.31. The molecule has 0 bridgehead atoms. The number of rotatable bonds is 4. The maximum Gasteiger partial charge on any atom is 0.231 e. The first-order valence-corrected chi connectivity index (χ1v) is 11.7. The smallest absolute Gasteiger partial charge is 0.231 e. The van der Waals surface area contributed by atoms with Gasteiger partial charge < -0.3 is 18.9 Å². The number of pyridine rings is 1. The molecule has 0 N–H and O–H groups in total. The van der Waals surface area contributed by atoms with Crippen LogP contribution in [0.5, 0.6) is 11.5 Å². The van der Waals surface area contributed by atoms with Crippen molar-refractivity contribution in [1.82, 2.24) is 19.4 Å². The molecule has 1 saturated heterocycles. The number of benzene rings is 2. The predicted molar refractivity (Wildman–Crippen MR) is 131 cm³/mol. The minimum absolute atomic E-state index is 0.00805. The number of likely N-dealkylation sites (tertiary alicyclic amines) is 1. The highest BCUT2D eigenvalue weighted by Gasteiger charge is 2.23. The molecule has 2 aromatic heterocycles. The summed E-state index contributed by atoms with van der Waals surface area (Å²) in [4.78, 5) is 15.3. The normalized spacial score (nSPS) is 16.0. The minimum atomic E-state index is -0.558. The number of nitrogens with zero attached hydrogens (tertiary/aromatic N) is 5. The van der Waals surface area contributed by atoms with Crippen LogP contribution in [-0.4, -0.2) is 46.4 Å². The first-order valence-electron chi connectivity index (χ1n) is 11.7. The Morgan fingerprint density at radius 2 is 1.86 bits per heavy atom. The van der Waals surface area contributed by atoms with Crippen molar-refractivity contribution < 1.29 is 13.9 Å². The van der Waals surface area contributed by atoms with Gasteiger partial charge in [-0.2, -0.15) is 0 Å². The largest absolute Gasteiger partial charge is 0.454 e. The Hall–Kier alpha value is -3.96. The Morgan fingerprint density at radius 3 is 2.66 bits per heavy atom. The van der Waals surface area contributed by atoms with Gasteiger partial charge in [-0.15, -0.1) is 0 Å². The van der Waals surface area contributed by atoms with Gasteiger partial charge in [-0.1, -0.05) is 12.1 Å². The number of piperidine rings is 1. The van der Waals surface area contributed by atoms with E-state index >= 15 is 0 Å². The third-order valence-corrected chi connectivity index (χ3v) is 6.96. The van der Waals surface area contributed by atoms with E-state index in [1.54, 1.807) is 6.07 Å². The maximum atomic E-state index is 14.7. The average Bonchev–Trinajstić information content (AvgIpc) is 3.51. The Bertz CT molecular complexity index is 1470. The number of hydrogen-bond donors (Lipinski definition) is 0. The third-order valence-electron chi connectivity index (χ3n) is 6.96. The fraction of sp³-hybridized carbons (Fsp3) is 0.296. The number of aromatic nitrogens is 3. The molecule has 176 valence electrons. The summed E-state index contributed by atoms with van der Waals surface area (Å²) in [6.07, 6.45) is 6.01. The molecule has 0 unspecified atom stereocenters. The van der Waals surface area contributed by atoms with Gasteiger partial charge in [0, 0.05) is 17.7 Å². The van der Waals surface area contributed by atoms with Crippen LogP contribution in [0.25, 0.3) is 38.3 Å². The number of ether oxygens (including phenoxy) is 2. The zero-order valence-electron chi connectivity index (χ0n) is 19.4. The fourth-order valence-electron chi connectivity index (χ4n) is 4.98. The van der Waals surface area contributed by atoms with Gasteiger partial charge >= 0.3 is 0 Å². The van der Waals surface area contributed by atoms with Crippen molar-refractivity contribution in [1.29, 1.82) is 0 Å². The fourth-order valence-corrected chi connectivity index (χ4v) is 4.98. The topological polar surface area (TPSA) is 56.8 Å². The molecule has 2 aromatic carbocycles. The summed E-state index contributed by atoms with van der Waals surface area (Å²) in [6, 6.07) is 10.3. The standard InChI is InChI=1S/C27H24FN5O2/c1-29-21-5-3-18(11-20(21)28)25-26(19-4-6-23-24(12-19)35-16-34-23)30-13-22-27(25)31-15-33(22)14-17-7-9-32(2)10-8-17/h3-6,11-13,15,17H,7-10,14,16H2,2H3. The van der Waals surface area contributed by atoms with Gasteiger partial charge in [-0.3, -0.25) is 4.98 Å². The molecular formula is C27H24FN5O2. The zero-order valence-corrected chi connectivity index (χ0v) is 19.4. The van der Waals surface area contributed by atoms with Crippen LogP contribution >= 0.6 is 0 Å². The number of halogens is 1. The molecular weight excluding hydrogens is 445 g/mol. The van der Waals surface area contributed by atoms with Crippen molar-refractivity contribution in [3.63, 3.8) is 0 Å². The van der Waals surface area contributed by atoms with Gasteiger partial charge in [0.25, 0.3) is 0 Å². The molecule has 0 radical (unpaired) electrons. The molecule has 0 saturated carbocycles. The van der Waals surface area contributed by atoms with E-state index in [9.17, 15) is 4.39 Å². The monoisotopic (exact) mass is 469 g/mol. The molecule has 0 amide bonds. The summed E-state index contributed by atoms with van der Waals surface area (Å²) < 4.78 is 27.9. The number of fused-ring (bicyclic) bond motifs is 2. The average molecular weight is 470 g/mol. The van der Waals surface area contributed by atoms with E-state index in [-0.39, 0.29) is 12.5 Å². The lowest BCUT2D eigenvalue weighted by Gasteiger charge is -2.29. The number of imidazole rings is 1. The SMILES string of the molecule is [C-]#[N+]c1ccc(-c2c(-c3ccc4c(c3)OCO4)ncc3c2ncn3CC2CCN(C)CC2)cc1F. The predicted octanol–water partition coefficient (Wildman–Crippen LogP) is 5.53. The van der Waals surface area contributed by atoms with Crippen LogP contribution in [0.2, 0.25) is 0 Å². The van der Waals surface area contributed by atoms with Gasteiger partial charge in [0.15, 0.2) is 11.5 Å². The van der Waals surface area contributed by atoms with E-state index < -0.39 is 5.82 Å². The molecule has 0 atom stereocenters. The molecule has 2 aliphatic rings. The van der Waals surface area contributed by atoms with Gasteiger partial charge in [-0.05, 0) is 68.7 Å². The van der Waals surface area contributed by atoms with E-state index in [0.29, 0.717) is 28.7 Å². The summed E-state index contributed by atoms with van der Waals surface area (Å²) in [7, 11) is 2.16. The molecule has 0 spiro atoms. The van der Waals surface area contributed by atoms with Gasteiger partial charge in [-0.25, -0.2) is 14.2 Å². The Morgan fingerprint density at radius 1 is 1.06 bits per heavy atom. The summed E-state index contributed by atoms with van der Waals surface area (Å²) in [5.74, 6) is 1.36. The zero-order chi connectivity index (χ0) is 23.9. The van der Waals surface area contributed by atoms with E-state index in [0.717, 1.165) is 54.6 Å². The van der Waals surface area contributed by atoms with Crippen molar-refractivity contribution in [2.45, 2.75) is 19.4 Å². The first-order chi connectivity index (χ1) is 17.1. The van der Waals surface area contributed by atoms with Gasteiger partial charge in [0.2, 0.25) is 12.5 Å². The third kappa shape index (κ3) is 3.88. The highest BCUT2D eigenvalue weighted by molar-refractivity contribution is 5.99.